The van der Waals surface area contributed by atoms with Gasteiger partial charge in [0.2, 0.25) is 0 Å². The molecule has 0 spiro atoms. The number of hydrogen-bond acceptors (Lipinski definition) is 1. The van der Waals surface area contributed by atoms with Gasteiger partial charge in [-0.2, -0.15) is 0 Å². The van der Waals surface area contributed by atoms with E-state index in [1.165, 1.54) is 5.56 Å². The van der Waals surface area contributed by atoms with Crippen LogP contribution in [0.25, 0.3) is 11.1 Å². The predicted molar refractivity (Wildman–Crippen MR) is 69.1 cm³/mol. The topological polar surface area (TPSA) is 17.1 Å². The molecule has 0 bridgehead atoms. The number of carbonyl (C=O) groups is 1. The molecule has 84 valence electrons. The van der Waals surface area contributed by atoms with Gasteiger partial charge in [0.1, 0.15) is 0 Å². The summed E-state index contributed by atoms with van der Waals surface area (Å²) < 4.78 is 0. The van der Waals surface area contributed by atoms with Crippen molar-refractivity contribution in [2.45, 2.75) is 13.3 Å². The van der Waals surface area contributed by atoms with E-state index in [1.54, 1.807) is 0 Å². The summed E-state index contributed by atoms with van der Waals surface area (Å²) in [5.41, 5.74) is 4.35. The minimum atomic E-state index is 0.134. The van der Waals surface area contributed by atoms with Crippen LogP contribution in [-0.2, 0) is 6.42 Å². The second kappa shape index (κ2) is 3.85. The molecule has 0 aliphatic heterocycles. The molecule has 0 heterocycles. The van der Waals surface area contributed by atoms with Crippen molar-refractivity contribution in [3.05, 3.63) is 59.7 Å². The molecule has 2 aromatic rings. The van der Waals surface area contributed by atoms with Crippen LogP contribution in [0.5, 0.6) is 0 Å². The molecule has 1 heteroatoms. The van der Waals surface area contributed by atoms with E-state index in [0.717, 1.165) is 23.1 Å². The molecule has 1 aliphatic carbocycles. The summed E-state index contributed by atoms with van der Waals surface area (Å²) in [4.78, 5) is 12.2. The Morgan fingerprint density at radius 1 is 1.00 bits per heavy atom. The summed E-state index contributed by atoms with van der Waals surface area (Å²) in [5.74, 6) is 0.425. The lowest BCUT2D eigenvalue weighted by Crippen LogP contribution is -2.04. The van der Waals surface area contributed by atoms with Crippen LogP contribution in [-0.4, -0.2) is 5.78 Å². The Balaban J connectivity index is 2.21. The third-order valence-electron chi connectivity index (χ3n) is 3.46. The summed E-state index contributed by atoms with van der Waals surface area (Å²) in [6, 6.07) is 16.3. The minimum absolute atomic E-state index is 0.134. The molecule has 0 radical (unpaired) electrons. The monoisotopic (exact) mass is 222 g/mol. The zero-order valence-corrected chi connectivity index (χ0v) is 9.81. The van der Waals surface area contributed by atoms with Crippen molar-refractivity contribution in [2.24, 2.45) is 5.92 Å². The van der Waals surface area contributed by atoms with Crippen molar-refractivity contribution in [3.8, 4) is 11.1 Å². The number of Topliss-reactive ketones (excluding diaryl/α,β-unsaturated/α-hetero) is 1. The standard InChI is InChI=1S/C16H14O/c1-11-10-13-8-5-9-14(15(13)16(11)17)12-6-3-2-4-7-12/h2-9,11H,10H2,1H3. The fourth-order valence-electron chi connectivity index (χ4n) is 2.59. The van der Waals surface area contributed by atoms with Crippen molar-refractivity contribution in [2.75, 3.05) is 0 Å². The number of benzene rings is 2. The van der Waals surface area contributed by atoms with E-state index >= 15 is 0 Å². The molecule has 17 heavy (non-hydrogen) atoms. The van der Waals surface area contributed by atoms with E-state index in [0.29, 0.717) is 5.78 Å². The van der Waals surface area contributed by atoms with Crippen molar-refractivity contribution < 1.29 is 4.79 Å². The Morgan fingerprint density at radius 3 is 2.53 bits per heavy atom. The number of ketones is 1. The highest BCUT2D eigenvalue weighted by Gasteiger charge is 2.29. The molecule has 1 atom stereocenters. The molecular weight excluding hydrogens is 208 g/mol. The fourth-order valence-corrected chi connectivity index (χ4v) is 2.59. The molecular formula is C16H14O. The van der Waals surface area contributed by atoms with Gasteiger partial charge in [0.05, 0.1) is 0 Å². The third kappa shape index (κ3) is 1.59. The van der Waals surface area contributed by atoms with Crippen molar-refractivity contribution in [3.63, 3.8) is 0 Å². The van der Waals surface area contributed by atoms with Crippen molar-refractivity contribution in [1.29, 1.82) is 0 Å². The largest absolute Gasteiger partial charge is 0.294 e. The summed E-state index contributed by atoms with van der Waals surface area (Å²) >= 11 is 0. The maximum atomic E-state index is 12.2. The molecule has 0 amide bonds. The van der Waals surface area contributed by atoms with Crippen LogP contribution >= 0.6 is 0 Å². The first-order valence-electron chi connectivity index (χ1n) is 5.99. The van der Waals surface area contributed by atoms with Crippen LogP contribution in [0.2, 0.25) is 0 Å². The van der Waals surface area contributed by atoms with Crippen molar-refractivity contribution in [1.82, 2.24) is 0 Å². The highest BCUT2D eigenvalue weighted by molar-refractivity contribution is 6.07. The van der Waals surface area contributed by atoms with E-state index < -0.39 is 0 Å². The molecule has 3 rings (SSSR count). The van der Waals surface area contributed by atoms with Gasteiger partial charge in [0.15, 0.2) is 5.78 Å². The average Bonchev–Trinajstić information content (AvgIpc) is 2.66. The molecule has 1 aliphatic rings. The second-order valence-electron chi connectivity index (χ2n) is 4.68. The van der Waals surface area contributed by atoms with Gasteiger partial charge in [-0.1, -0.05) is 55.5 Å². The van der Waals surface area contributed by atoms with E-state index in [4.69, 9.17) is 0 Å². The highest BCUT2D eigenvalue weighted by atomic mass is 16.1. The van der Waals surface area contributed by atoms with Gasteiger partial charge in [-0.3, -0.25) is 4.79 Å². The lowest BCUT2D eigenvalue weighted by atomic mass is 9.96. The van der Waals surface area contributed by atoms with Gasteiger partial charge in [-0.25, -0.2) is 0 Å². The quantitative estimate of drug-likeness (QED) is 0.718. The third-order valence-corrected chi connectivity index (χ3v) is 3.46. The van der Waals surface area contributed by atoms with Gasteiger partial charge >= 0.3 is 0 Å². The number of rotatable bonds is 1. The van der Waals surface area contributed by atoms with Gasteiger partial charge in [-0.05, 0) is 23.1 Å². The lowest BCUT2D eigenvalue weighted by molar-refractivity contribution is 0.0947. The first kappa shape index (κ1) is 10.3. The summed E-state index contributed by atoms with van der Waals surface area (Å²) in [6.45, 7) is 2.01. The SMILES string of the molecule is CC1Cc2cccc(-c3ccccc3)c2C1=O. The molecule has 0 saturated carbocycles. The molecule has 0 aromatic heterocycles. The van der Waals surface area contributed by atoms with Crippen LogP contribution in [0.1, 0.15) is 22.8 Å². The summed E-state index contributed by atoms with van der Waals surface area (Å²) in [6.07, 6.45) is 0.884. The smallest absolute Gasteiger partial charge is 0.166 e. The molecule has 0 saturated heterocycles. The second-order valence-corrected chi connectivity index (χ2v) is 4.68. The lowest BCUT2D eigenvalue weighted by Gasteiger charge is -2.07. The average molecular weight is 222 g/mol. The van der Waals surface area contributed by atoms with Crippen LogP contribution in [0.15, 0.2) is 48.5 Å². The van der Waals surface area contributed by atoms with Gasteiger partial charge in [0.25, 0.3) is 0 Å². The van der Waals surface area contributed by atoms with Crippen LogP contribution in [0.3, 0.4) is 0 Å². The van der Waals surface area contributed by atoms with E-state index in [9.17, 15) is 4.79 Å². The summed E-state index contributed by atoms with van der Waals surface area (Å²) in [5, 5.41) is 0. The van der Waals surface area contributed by atoms with Crippen LogP contribution in [0.4, 0.5) is 0 Å². The number of carbonyl (C=O) groups excluding carboxylic acids is 1. The van der Waals surface area contributed by atoms with Crippen molar-refractivity contribution >= 4 is 5.78 Å². The first-order valence-corrected chi connectivity index (χ1v) is 5.99. The van der Waals surface area contributed by atoms with Crippen LogP contribution < -0.4 is 0 Å². The van der Waals surface area contributed by atoms with Crippen LogP contribution in [0, 0.1) is 5.92 Å². The van der Waals surface area contributed by atoms with Gasteiger partial charge in [0, 0.05) is 11.5 Å². The summed E-state index contributed by atoms with van der Waals surface area (Å²) in [7, 11) is 0. The van der Waals surface area contributed by atoms with E-state index in [-0.39, 0.29) is 5.92 Å². The van der Waals surface area contributed by atoms with Gasteiger partial charge in [-0.15, -0.1) is 0 Å². The molecule has 2 aromatic carbocycles. The maximum Gasteiger partial charge on any atom is 0.166 e. The number of hydrogen-bond donors (Lipinski definition) is 0. The number of fused-ring (bicyclic) bond motifs is 1. The maximum absolute atomic E-state index is 12.2. The van der Waals surface area contributed by atoms with E-state index in [1.807, 2.05) is 37.3 Å². The normalized spacial score (nSPS) is 18.2. The highest BCUT2D eigenvalue weighted by Crippen LogP contribution is 2.34. The zero-order valence-electron chi connectivity index (χ0n) is 9.81. The molecule has 0 N–H and O–H groups in total. The zero-order chi connectivity index (χ0) is 11.8. The Kier molecular flexibility index (Phi) is 2.32. The Hall–Kier alpha value is -1.89. The minimum Gasteiger partial charge on any atom is -0.294 e. The fraction of sp³-hybridized carbons (Fsp3) is 0.188. The molecule has 1 nitrogen and oxygen atoms in total. The Bertz CT molecular complexity index is 569. The predicted octanol–water partition coefficient (Wildman–Crippen LogP) is 3.73. The Labute approximate surface area is 101 Å². The van der Waals surface area contributed by atoms with Gasteiger partial charge < -0.3 is 0 Å². The molecule has 0 fully saturated rings. The molecule has 1 unspecified atom stereocenters. The Morgan fingerprint density at radius 2 is 1.76 bits per heavy atom. The first-order chi connectivity index (χ1) is 8.27. The van der Waals surface area contributed by atoms with E-state index in [2.05, 4.69) is 18.2 Å².